The van der Waals surface area contributed by atoms with Gasteiger partial charge in [-0.15, -0.1) is 0 Å². The summed E-state index contributed by atoms with van der Waals surface area (Å²) in [5.41, 5.74) is -0.0301. The molecule has 24 heavy (non-hydrogen) atoms. The van der Waals surface area contributed by atoms with E-state index in [0.717, 1.165) is 43.4 Å². The Morgan fingerprint density at radius 3 is 2.58 bits per heavy atom. The topological polar surface area (TPSA) is 79.2 Å². The molecule has 0 aromatic carbocycles. The lowest BCUT2D eigenvalue weighted by Crippen LogP contribution is -2.40. The SMILES string of the molecule is CN(C)c1cc(NC2CCN(c3cc(=O)n(C)cn3)CC2)ncn1. The second kappa shape index (κ2) is 6.86. The van der Waals surface area contributed by atoms with E-state index in [9.17, 15) is 4.79 Å². The van der Waals surface area contributed by atoms with Gasteiger partial charge < -0.3 is 19.7 Å². The van der Waals surface area contributed by atoms with Gasteiger partial charge in [-0.3, -0.25) is 4.79 Å². The molecule has 0 spiro atoms. The van der Waals surface area contributed by atoms with Crippen LogP contribution < -0.4 is 20.7 Å². The fourth-order valence-electron chi connectivity index (χ4n) is 2.76. The van der Waals surface area contributed by atoms with Crippen LogP contribution in [0.2, 0.25) is 0 Å². The van der Waals surface area contributed by atoms with Gasteiger partial charge in [0.25, 0.3) is 5.56 Å². The number of piperidine rings is 1. The van der Waals surface area contributed by atoms with Gasteiger partial charge in [0.15, 0.2) is 0 Å². The minimum atomic E-state index is -0.0301. The van der Waals surface area contributed by atoms with Crippen LogP contribution >= 0.6 is 0 Å². The predicted molar refractivity (Wildman–Crippen MR) is 94.7 cm³/mol. The summed E-state index contributed by atoms with van der Waals surface area (Å²) in [6, 6.07) is 3.91. The first kappa shape index (κ1) is 16.2. The third-order valence-corrected chi connectivity index (χ3v) is 4.25. The minimum absolute atomic E-state index is 0.0301. The molecule has 1 aliphatic rings. The highest BCUT2D eigenvalue weighted by atomic mass is 16.1. The van der Waals surface area contributed by atoms with Crippen molar-refractivity contribution in [2.24, 2.45) is 7.05 Å². The zero-order chi connectivity index (χ0) is 17.1. The van der Waals surface area contributed by atoms with E-state index in [1.54, 1.807) is 25.8 Å². The number of aromatic nitrogens is 4. The molecule has 128 valence electrons. The molecule has 0 aliphatic carbocycles. The molecule has 0 saturated carbocycles. The summed E-state index contributed by atoms with van der Waals surface area (Å²) in [5.74, 6) is 2.49. The first-order chi connectivity index (χ1) is 11.5. The molecule has 8 heteroatoms. The maximum Gasteiger partial charge on any atom is 0.255 e. The number of nitrogens with zero attached hydrogens (tertiary/aromatic N) is 6. The third-order valence-electron chi connectivity index (χ3n) is 4.25. The van der Waals surface area contributed by atoms with Gasteiger partial charge in [0, 0.05) is 52.4 Å². The number of hydrogen-bond donors (Lipinski definition) is 1. The van der Waals surface area contributed by atoms with Crippen LogP contribution in [-0.4, -0.2) is 52.7 Å². The molecule has 8 nitrogen and oxygen atoms in total. The van der Waals surface area contributed by atoms with Gasteiger partial charge in [-0.1, -0.05) is 0 Å². The fourth-order valence-corrected chi connectivity index (χ4v) is 2.76. The summed E-state index contributed by atoms with van der Waals surface area (Å²) in [7, 11) is 5.63. The van der Waals surface area contributed by atoms with E-state index in [1.807, 2.05) is 25.1 Å². The summed E-state index contributed by atoms with van der Waals surface area (Å²) in [6.45, 7) is 1.73. The smallest absolute Gasteiger partial charge is 0.255 e. The monoisotopic (exact) mass is 329 g/mol. The molecule has 1 saturated heterocycles. The maximum atomic E-state index is 11.7. The van der Waals surface area contributed by atoms with Crippen LogP contribution in [0.15, 0.2) is 29.6 Å². The van der Waals surface area contributed by atoms with E-state index >= 15 is 0 Å². The largest absolute Gasteiger partial charge is 0.367 e. The minimum Gasteiger partial charge on any atom is -0.367 e. The van der Waals surface area contributed by atoms with Crippen molar-refractivity contribution in [3.8, 4) is 0 Å². The van der Waals surface area contributed by atoms with Crippen LogP contribution in [0.4, 0.5) is 17.5 Å². The summed E-state index contributed by atoms with van der Waals surface area (Å²) >= 11 is 0. The van der Waals surface area contributed by atoms with Crippen LogP contribution in [0.3, 0.4) is 0 Å². The van der Waals surface area contributed by atoms with Crippen LogP contribution in [0.1, 0.15) is 12.8 Å². The molecule has 0 amide bonds. The van der Waals surface area contributed by atoms with E-state index < -0.39 is 0 Å². The molecular weight excluding hydrogens is 306 g/mol. The van der Waals surface area contributed by atoms with Crippen LogP contribution in [0, 0.1) is 0 Å². The number of nitrogens with one attached hydrogen (secondary N) is 1. The van der Waals surface area contributed by atoms with Crippen molar-refractivity contribution in [2.75, 3.05) is 42.3 Å². The average Bonchev–Trinajstić information content (AvgIpc) is 2.58. The summed E-state index contributed by atoms with van der Waals surface area (Å²) in [5, 5.41) is 3.48. The number of rotatable bonds is 4. The Morgan fingerprint density at radius 2 is 1.92 bits per heavy atom. The van der Waals surface area contributed by atoms with Crippen molar-refractivity contribution in [3.05, 3.63) is 35.1 Å². The van der Waals surface area contributed by atoms with E-state index in [4.69, 9.17) is 0 Å². The molecule has 0 bridgehead atoms. The van der Waals surface area contributed by atoms with E-state index in [1.165, 1.54) is 4.57 Å². The van der Waals surface area contributed by atoms with Gasteiger partial charge in [-0.25, -0.2) is 15.0 Å². The highest BCUT2D eigenvalue weighted by molar-refractivity contribution is 5.48. The van der Waals surface area contributed by atoms with Crippen LogP contribution in [0.25, 0.3) is 0 Å². The Bertz CT molecular complexity index is 750. The zero-order valence-electron chi connectivity index (χ0n) is 14.3. The standard InChI is InChI=1S/C16H23N7O/c1-21(2)14-8-13(17-10-18-14)20-12-4-6-23(7-5-12)15-9-16(24)22(3)11-19-15/h8-12H,4-7H2,1-3H3,(H,17,18,20). The third kappa shape index (κ3) is 3.64. The lowest BCUT2D eigenvalue weighted by atomic mass is 10.1. The normalized spacial score (nSPS) is 15.4. The fraction of sp³-hybridized carbons (Fsp3) is 0.500. The number of hydrogen-bond acceptors (Lipinski definition) is 7. The van der Waals surface area contributed by atoms with Gasteiger partial charge in [0.1, 0.15) is 23.8 Å². The van der Waals surface area contributed by atoms with Gasteiger partial charge in [-0.2, -0.15) is 0 Å². The van der Waals surface area contributed by atoms with Gasteiger partial charge in [-0.05, 0) is 12.8 Å². The Labute approximate surface area is 141 Å². The molecule has 2 aromatic heterocycles. The molecular formula is C16H23N7O. The van der Waals surface area contributed by atoms with E-state index in [2.05, 4.69) is 25.2 Å². The van der Waals surface area contributed by atoms with Gasteiger partial charge in [0.05, 0.1) is 6.33 Å². The average molecular weight is 329 g/mol. The molecule has 0 unspecified atom stereocenters. The van der Waals surface area contributed by atoms with Crippen molar-refractivity contribution in [1.82, 2.24) is 19.5 Å². The first-order valence-corrected chi connectivity index (χ1v) is 8.06. The maximum absolute atomic E-state index is 11.7. The van der Waals surface area contributed by atoms with Gasteiger partial charge >= 0.3 is 0 Å². The summed E-state index contributed by atoms with van der Waals surface area (Å²) in [6.07, 6.45) is 5.10. The van der Waals surface area contributed by atoms with E-state index in [-0.39, 0.29) is 5.56 Å². The van der Waals surface area contributed by atoms with Crippen molar-refractivity contribution in [2.45, 2.75) is 18.9 Å². The van der Waals surface area contributed by atoms with Crippen molar-refractivity contribution in [1.29, 1.82) is 0 Å². The molecule has 3 heterocycles. The Kier molecular flexibility index (Phi) is 4.64. The van der Waals surface area contributed by atoms with Crippen LogP contribution in [-0.2, 0) is 7.05 Å². The number of aryl methyl sites for hydroxylation is 1. The van der Waals surface area contributed by atoms with Crippen molar-refractivity contribution in [3.63, 3.8) is 0 Å². The molecule has 2 aromatic rings. The van der Waals surface area contributed by atoms with Crippen LogP contribution in [0.5, 0.6) is 0 Å². The van der Waals surface area contributed by atoms with Crippen molar-refractivity contribution >= 4 is 17.5 Å². The van der Waals surface area contributed by atoms with Crippen molar-refractivity contribution < 1.29 is 0 Å². The quantitative estimate of drug-likeness (QED) is 0.885. The summed E-state index contributed by atoms with van der Waals surface area (Å²) in [4.78, 5) is 28.7. The van der Waals surface area contributed by atoms with E-state index in [0.29, 0.717) is 6.04 Å². The highest BCUT2D eigenvalue weighted by Crippen LogP contribution is 2.20. The molecule has 1 fully saturated rings. The first-order valence-electron chi connectivity index (χ1n) is 8.06. The Balaban J connectivity index is 1.60. The molecule has 1 aliphatic heterocycles. The Hall–Kier alpha value is -2.64. The zero-order valence-corrected chi connectivity index (χ0v) is 14.3. The Morgan fingerprint density at radius 1 is 1.17 bits per heavy atom. The number of anilines is 3. The molecule has 3 rings (SSSR count). The molecule has 1 N–H and O–H groups in total. The summed E-state index contributed by atoms with van der Waals surface area (Å²) < 4.78 is 1.48. The lowest BCUT2D eigenvalue weighted by Gasteiger charge is -2.33. The predicted octanol–water partition coefficient (Wildman–Crippen LogP) is 0.717. The highest BCUT2D eigenvalue weighted by Gasteiger charge is 2.21. The molecule has 0 radical (unpaired) electrons. The molecule has 0 atom stereocenters. The van der Waals surface area contributed by atoms with Gasteiger partial charge in [0.2, 0.25) is 0 Å². The lowest BCUT2D eigenvalue weighted by molar-refractivity contribution is 0.521. The second-order valence-electron chi connectivity index (χ2n) is 6.26. The second-order valence-corrected chi connectivity index (χ2v) is 6.26.